The number of piperazine rings is 1. The molecule has 0 spiro atoms. The minimum absolute atomic E-state index is 0.267. The van der Waals surface area contributed by atoms with Crippen molar-refractivity contribution in [2.75, 3.05) is 40.5 Å². The third-order valence-corrected chi connectivity index (χ3v) is 4.02. The van der Waals surface area contributed by atoms with Gasteiger partial charge in [0.05, 0.1) is 14.2 Å². The maximum atomic E-state index is 9.20. The summed E-state index contributed by atoms with van der Waals surface area (Å²) in [7, 11) is 3.35. The first-order valence-electron chi connectivity index (χ1n) is 7.26. The number of benzene rings is 1. The van der Waals surface area contributed by atoms with E-state index in [4.69, 9.17) is 9.47 Å². The molecule has 2 rings (SSSR count). The second-order valence-corrected chi connectivity index (χ2v) is 5.33. The van der Waals surface area contributed by atoms with Gasteiger partial charge in [0.25, 0.3) is 0 Å². The second kappa shape index (κ2) is 7.47. The van der Waals surface area contributed by atoms with Gasteiger partial charge in [-0.3, -0.25) is 0 Å². The highest BCUT2D eigenvalue weighted by Gasteiger charge is 2.28. The second-order valence-electron chi connectivity index (χ2n) is 5.33. The number of nitrogens with one attached hydrogen (secondary N) is 1. The van der Waals surface area contributed by atoms with Crippen LogP contribution < -0.4 is 19.7 Å². The van der Waals surface area contributed by atoms with Gasteiger partial charge in [0.1, 0.15) is 43.7 Å². The van der Waals surface area contributed by atoms with Crippen molar-refractivity contribution in [1.82, 2.24) is 0 Å². The summed E-state index contributed by atoms with van der Waals surface area (Å²) in [6.45, 7) is 4.59. The minimum atomic E-state index is 0.267. The number of aliphatic hydroxyl groups excluding tert-OH is 1. The zero-order valence-corrected chi connectivity index (χ0v) is 12.4. The molecule has 5 nitrogen and oxygen atoms in total. The lowest BCUT2D eigenvalue weighted by Crippen LogP contribution is -3.23. The first kappa shape index (κ1) is 15.1. The summed E-state index contributed by atoms with van der Waals surface area (Å²) >= 11 is 0. The Hall–Kier alpha value is -1.30. The van der Waals surface area contributed by atoms with Crippen LogP contribution in [-0.4, -0.2) is 51.6 Å². The van der Waals surface area contributed by atoms with Crippen molar-refractivity contribution in [2.24, 2.45) is 0 Å². The largest absolute Gasteiger partial charge is 0.497 e. The quantitative estimate of drug-likeness (QED) is 0.590. The monoisotopic (exact) mass is 282 g/mol. The molecule has 1 aromatic carbocycles. The number of nitrogens with two attached hydrogens (primary N) is 1. The molecule has 1 aromatic rings. The number of methoxy groups -OCH3 is 2. The third kappa shape index (κ3) is 3.85. The fourth-order valence-electron chi connectivity index (χ4n) is 2.92. The SMILES string of the molecule is COc1cc(C[NH+]2CC[NH2+]C[C@@H]2CCO)cc(OC)c1. The average molecular weight is 282 g/mol. The van der Waals surface area contributed by atoms with Crippen LogP contribution in [0.4, 0.5) is 0 Å². The van der Waals surface area contributed by atoms with Crippen molar-refractivity contribution in [3.05, 3.63) is 23.8 Å². The van der Waals surface area contributed by atoms with E-state index in [0.29, 0.717) is 6.04 Å². The van der Waals surface area contributed by atoms with Crippen LogP contribution in [0.2, 0.25) is 0 Å². The molecule has 0 saturated carbocycles. The highest BCUT2D eigenvalue weighted by molar-refractivity contribution is 5.38. The van der Waals surface area contributed by atoms with E-state index >= 15 is 0 Å². The van der Waals surface area contributed by atoms with Gasteiger partial charge in [-0.1, -0.05) is 0 Å². The molecule has 0 amide bonds. The normalized spacial score (nSPS) is 22.6. The summed E-state index contributed by atoms with van der Waals surface area (Å²) in [5.41, 5.74) is 1.22. The maximum Gasteiger partial charge on any atom is 0.140 e. The van der Waals surface area contributed by atoms with Crippen LogP contribution in [0.3, 0.4) is 0 Å². The Labute approximate surface area is 120 Å². The molecule has 0 bridgehead atoms. The van der Waals surface area contributed by atoms with Crippen molar-refractivity contribution in [3.63, 3.8) is 0 Å². The lowest BCUT2D eigenvalue weighted by atomic mass is 10.1. The van der Waals surface area contributed by atoms with E-state index in [1.165, 1.54) is 10.5 Å². The summed E-state index contributed by atoms with van der Waals surface area (Å²) in [5, 5.41) is 11.5. The fraction of sp³-hybridized carbons (Fsp3) is 0.600. The number of hydrogen-bond donors (Lipinski definition) is 3. The first-order valence-corrected chi connectivity index (χ1v) is 7.26. The number of ether oxygens (including phenoxy) is 2. The zero-order valence-electron chi connectivity index (χ0n) is 12.4. The van der Waals surface area contributed by atoms with E-state index in [2.05, 4.69) is 17.4 Å². The van der Waals surface area contributed by atoms with Crippen LogP contribution in [0.25, 0.3) is 0 Å². The molecule has 1 unspecified atom stereocenters. The molecule has 1 heterocycles. The Kier molecular flexibility index (Phi) is 5.64. The Bertz CT molecular complexity index is 401. The van der Waals surface area contributed by atoms with Crippen LogP contribution in [0, 0.1) is 0 Å². The van der Waals surface area contributed by atoms with E-state index in [0.717, 1.165) is 44.1 Å². The van der Waals surface area contributed by atoms with Gasteiger partial charge in [-0.05, 0) is 12.1 Å². The van der Waals surface area contributed by atoms with Gasteiger partial charge in [-0.25, -0.2) is 0 Å². The molecule has 4 N–H and O–H groups in total. The number of rotatable bonds is 6. The van der Waals surface area contributed by atoms with Crippen molar-refractivity contribution < 1.29 is 24.8 Å². The molecule has 20 heavy (non-hydrogen) atoms. The van der Waals surface area contributed by atoms with Crippen LogP contribution in [0.15, 0.2) is 18.2 Å². The Balaban J connectivity index is 2.10. The standard InChI is InChI=1S/C15H24N2O3/c1-19-14-7-12(8-15(9-14)20-2)11-17-5-4-16-10-13(17)3-6-18/h7-9,13,16,18H,3-6,10-11H2,1-2H3/p+2/t13-/m0/s1. The van der Waals surface area contributed by atoms with Crippen molar-refractivity contribution >= 4 is 0 Å². The van der Waals surface area contributed by atoms with Crippen LogP contribution in [0.1, 0.15) is 12.0 Å². The molecule has 0 radical (unpaired) electrons. The molecule has 2 atom stereocenters. The Morgan fingerprint density at radius 2 is 1.95 bits per heavy atom. The number of quaternary nitrogens is 2. The van der Waals surface area contributed by atoms with Crippen molar-refractivity contribution in [2.45, 2.75) is 19.0 Å². The molecule has 1 fully saturated rings. The molecular formula is C15H26N2O3+2. The Morgan fingerprint density at radius 1 is 1.25 bits per heavy atom. The molecule has 0 aliphatic carbocycles. The van der Waals surface area contributed by atoms with Crippen LogP contribution in [-0.2, 0) is 6.54 Å². The zero-order chi connectivity index (χ0) is 14.4. The summed E-state index contributed by atoms with van der Waals surface area (Å²) < 4.78 is 10.7. The van der Waals surface area contributed by atoms with Gasteiger partial charge in [0.2, 0.25) is 0 Å². The summed E-state index contributed by atoms with van der Waals surface area (Å²) in [6.07, 6.45) is 0.868. The molecule has 1 aliphatic rings. The Morgan fingerprint density at radius 3 is 2.55 bits per heavy atom. The van der Waals surface area contributed by atoms with Gasteiger partial charge in [0, 0.05) is 24.7 Å². The average Bonchev–Trinajstić information content (AvgIpc) is 2.49. The lowest BCUT2D eigenvalue weighted by Gasteiger charge is -2.30. The van der Waals surface area contributed by atoms with Gasteiger partial charge in [-0.15, -0.1) is 0 Å². The molecule has 1 aliphatic heterocycles. The maximum absolute atomic E-state index is 9.20. The fourth-order valence-corrected chi connectivity index (χ4v) is 2.92. The molecular weight excluding hydrogens is 256 g/mol. The first-order chi connectivity index (χ1) is 9.76. The lowest BCUT2D eigenvalue weighted by molar-refractivity contribution is -0.982. The summed E-state index contributed by atoms with van der Waals surface area (Å²) in [6, 6.07) is 6.56. The molecule has 112 valence electrons. The highest BCUT2D eigenvalue weighted by Crippen LogP contribution is 2.22. The summed E-state index contributed by atoms with van der Waals surface area (Å²) in [5.74, 6) is 1.67. The predicted molar refractivity (Wildman–Crippen MR) is 76.2 cm³/mol. The minimum Gasteiger partial charge on any atom is -0.497 e. The van der Waals surface area contributed by atoms with E-state index in [9.17, 15) is 5.11 Å². The summed E-state index contributed by atoms with van der Waals surface area (Å²) in [4.78, 5) is 1.54. The van der Waals surface area contributed by atoms with E-state index in [1.54, 1.807) is 14.2 Å². The van der Waals surface area contributed by atoms with Crippen LogP contribution in [0.5, 0.6) is 11.5 Å². The number of hydrogen-bond acceptors (Lipinski definition) is 3. The van der Waals surface area contributed by atoms with Gasteiger partial charge >= 0.3 is 0 Å². The van der Waals surface area contributed by atoms with Crippen LogP contribution >= 0.6 is 0 Å². The van der Waals surface area contributed by atoms with E-state index in [1.807, 2.05) is 6.07 Å². The number of aliphatic hydroxyl groups is 1. The molecule has 0 aromatic heterocycles. The van der Waals surface area contributed by atoms with E-state index in [-0.39, 0.29) is 6.61 Å². The predicted octanol–water partition coefficient (Wildman–Crippen LogP) is -1.58. The topological polar surface area (TPSA) is 59.7 Å². The van der Waals surface area contributed by atoms with Gasteiger partial charge in [-0.2, -0.15) is 0 Å². The van der Waals surface area contributed by atoms with E-state index < -0.39 is 0 Å². The van der Waals surface area contributed by atoms with Gasteiger partial charge < -0.3 is 24.8 Å². The molecule has 5 heteroatoms. The highest BCUT2D eigenvalue weighted by atomic mass is 16.5. The third-order valence-electron chi connectivity index (χ3n) is 4.02. The van der Waals surface area contributed by atoms with Crippen molar-refractivity contribution in [1.29, 1.82) is 0 Å². The van der Waals surface area contributed by atoms with Gasteiger partial charge in [0.15, 0.2) is 0 Å². The smallest absolute Gasteiger partial charge is 0.140 e. The molecule has 1 saturated heterocycles. The van der Waals surface area contributed by atoms with Crippen molar-refractivity contribution in [3.8, 4) is 11.5 Å².